The first-order valence-electron chi connectivity index (χ1n) is 5.70. The molecule has 0 aromatic heterocycles. The molecular formula is C13H16O3. The Hall–Kier alpha value is -1.51. The van der Waals surface area contributed by atoms with E-state index >= 15 is 0 Å². The number of fused-ring (bicyclic) bond motifs is 1. The first kappa shape index (κ1) is 11.0. The van der Waals surface area contributed by atoms with Crippen molar-refractivity contribution >= 4 is 5.97 Å². The van der Waals surface area contributed by atoms with Gasteiger partial charge in [0, 0.05) is 0 Å². The van der Waals surface area contributed by atoms with Crippen molar-refractivity contribution in [3.05, 3.63) is 29.3 Å². The summed E-state index contributed by atoms with van der Waals surface area (Å²) >= 11 is 0. The van der Waals surface area contributed by atoms with Crippen molar-refractivity contribution in [2.45, 2.75) is 26.2 Å². The summed E-state index contributed by atoms with van der Waals surface area (Å²) in [5.74, 6) is 0.441. The summed E-state index contributed by atoms with van der Waals surface area (Å²) in [5, 5.41) is 0. The normalized spacial score (nSPS) is 13.3. The van der Waals surface area contributed by atoms with E-state index < -0.39 is 0 Å². The van der Waals surface area contributed by atoms with E-state index in [2.05, 4.69) is 6.07 Å². The van der Waals surface area contributed by atoms with Crippen molar-refractivity contribution in [1.29, 1.82) is 0 Å². The quantitative estimate of drug-likeness (QED) is 0.729. The second-order valence-corrected chi connectivity index (χ2v) is 3.88. The Bertz CT molecular complexity index is 385. The number of aryl methyl sites for hydroxylation is 2. The number of hydrogen-bond donors (Lipinski definition) is 0. The Kier molecular flexibility index (Phi) is 3.44. The summed E-state index contributed by atoms with van der Waals surface area (Å²) in [6.07, 6.45) is 3.50. The number of carbonyl (C=O) groups excluding carboxylic acids is 1. The Morgan fingerprint density at radius 1 is 1.31 bits per heavy atom. The van der Waals surface area contributed by atoms with Crippen LogP contribution in [0, 0.1) is 0 Å². The first-order valence-corrected chi connectivity index (χ1v) is 5.70. The number of benzene rings is 1. The van der Waals surface area contributed by atoms with E-state index in [0.29, 0.717) is 6.61 Å². The van der Waals surface area contributed by atoms with E-state index in [0.717, 1.165) is 18.6 Å². The zero-order chi connectivity index (χ0) is 11.4. The van der Waals surface area contributed by atoms with E-state index in [4.69, 9.17) is 9.47 Å². The zero-order valence-electron chi connectivity index (χ0n) is 9.49. The molecule has 3 nitrogen and oxygen atoms in total. The molecule has 0 bridgehead atoms. The summed E-state index contributed by atoms with van der Waals surface area (Å²) in [6, 6.07) is 6.04. The summed E-state index contributed by atoms with van der Waals surface area (Å²) in [5.41, 5.74) is 2.75. The second-order valence-electron chi connectivity index (χ2n) is 3.88. The largest absolute Gasteiger partial charge is 0.482 e. The van der Waals surface area contributed by atoms with Gasteiger partial charge in [-0.1, -0.05) is 6.07 Å². The van der Waals surface area contributed by atoms with Gasteiger partial charge in [-0.15, -0.1) is 0 Å². The Balaban J connectivity index is 1.93. The molecular weight excluding hydrogens is 204 g/mol. The van der Waals surface area contributed by atoms with E-state index in [9.17, 15) is 4.79 Å². The lowest BCUT2D eigenvalue weighted by atomic mass is 10.1. The average molecular weight is 220 g/mol. The molecule has 0 aliphatic heterocycles. The molecule has 86 valence electrons. The molecule has 0 spiro atoms. The molecule has 0 N–H and O–H groups in total. The van der Waals surface area contributed by atoms with Gasteiger partial charge in [-0.25, -0.2) is 4.79 Å². The van der Waals surface area contributed by atoms with Crippen molar-refractivity contribution in [2.24, 2.45) is 0 Å². The van der Waals surface area contributed by atoms with Crippen LogP contribution in [0.1, 0.15) is 24.5 Å². The standard InChI is InChI=1S/C13H16O3/c1-2-15-13(14)9-16-12-7-6-10-4-3-5-11(10)8-12/h6-8H,2-5,9H2,1H3. The van der Waals surface area contributed by atoms with Gasteiger partial charge in [-0.05, 0) is 49.4 Å². The van der Waals surface area contributed by atoms with Crippen molar-refractivity contribution in [1.82, 2.24) is 0 Å². The highest BCUT2D eigenvalue weighted by atomic mass is 16.6. The lowest BCUT2D eigenvalue weighted by molar-refractivity contribution is -0.145. The maximum atomic E-state index is 11.1. The first-order chi connectivity index (χ1) is 7.79. The monoisotopic (exact) mass is 220 g/mol. The molecule has 1 aromatic rings. The van der Waals surface area contributed by atoms with Gasteiger partial charge in [-0.3, -0.25) is 0 Å². The van der Waals surface area contributed by atoms with Crippen LogP contribution in [0.25, 0.3) is 0 Å². The molecule has 1 aromatic carbocycles. The minimum absolute atomic E-state index is 0.00731. The Morgan fingerprint density at radius 3 is 2.94 bits per heavy atom. The lowest BCUT2D eigenvalue weighted by Crippen LogP contribution is -2.14. The predicted octanol–water partition coefficient (Wildman–Crippen LogP) is 2.12. The van der Waals surface area contributed by atoms with Gasteiger partial charge in [0.05, 0.1) is 6.61 Å². The van der Waals surface area contributed by atoms with Crippen LogP contribution in [0.2, 0.25) is 0 Å². The Morgan fingerprint density at radius 2 is 2.12 bits per heavy atom. The fourth-order valence-electron chi connectivity index (χ4n) is 1.98. The minimum atomic E-state index is -0.317. The van der Waals surface area contributed by atoms with Crippen LogP contribution in [0.3, 0.4) is 0 Å². The van der Waals surface area contributed by atoms with Crippen LogP contribution in [0.5, 0.6) is 5.75 Å². The third-order valence-electron chi connectivity index (χ3n) is 2.73. The lowest BCUT2D eigenvalue weighted by Gasteiger charge is -2.07. The molecule has 16 heavy (non-hydrogen) atoms. The van der Waals surface area contributed by atoms with Gasteiger partial charge in [0.2, 0.25) is 0 Å². The highest BCUT2D eigenvalue weighted by molar-refractivity contribution is 5.71. The van der Waals surface area contributed by atoms with Crippen molar-refractivity contribution < 1.29 is 14.3 Å². The fourth-order valence-corrected chi connectivity index (χ4v) is 1.98. The SMILES string of the molecule is CCOC(=O)COc1ccc2c(c1)CCC2. The van der Waals surface area contributed by atoms with Gasteiger partial charge in [0.1, 0.15) is 5.75 Å². The molecule has 0 saturated heterocycles. The smallest absolute Gasteiger partial charge is 0.344 e. The number of esters is 1. The Labute approximate surface area is 95.4 Å². The summed E-state index contributed by atoms with van der Waals surface area (Å²) < 4.78 is 10.2. The van der Waals surface area contributed by atoms with E-state index in [1.54, 1.807) is 6.92 Å². The molecule has 0 heterocycles. The van der Waals surface area contributed by atoms with Crippen LogP contribution >= 0.6 is 0 Å². The highest BCUT2D eigenvalue weighted by Gasteiger charge is 2.11. The molecule has 0 amide bonds. The van der Waals surface area contributed by atoms with Crippen LogP contribution in [-0.2, 0) is 22.4 Å². The summed E-state index contributed by atoms with van der Waals surface area (Å²) in [4.78, 5) is 11.1. The zero-order valence-corrected chi connectivity index (χ0v) is 9.49. The molecule has 1 aliphatic rings. The van der Waals surface area contributed by atoms with E-state index in [1.165, 1.54) is 17.5 Å². The third kappa shape index (κ3) is 2.54. The molecule has 0 saturated carbocycles. The van der Waals surface area contributed by atoms with E-state index in [1.807, 2.05) is 12.1 Å². The van der Waals surface area contributed by atoms with Gasteiger partial charge in [0.25, 0.3) is 0 Å². The van der Waals surface area contributed by atoms with Gasteiger partial charge in [-0.2, -0.15) is 0 Å². The molecule has 0 atom stereocenters. The van der Waals surface area contributed by atoms with Crippen LogP contribution in [0.15, 0.2) is 18.2 Å². The van der Waals surface area contributed by atoms with Gasteiger partial charge < -0.3 is 9.47 Å². The van der Waals surface area contributed by atoms with Crippen molar-refractivity contribution in [3.8, 4) is 5.75 Å². The maximum absolute atomic E-state index is 11.1. The van der Waals surface area contributed by atoms with Crippen LogP contribution in [0.4, 0.5) is 0 Å². The molecule has 0 fully saturated rings. The van der Waals surface area contributed by atoms with Crippen LogP contribution < -0.4 is 4.74 Å². The van der Waals surface area contributed by atoms with Crippen LogP contribution in [-0.4, -0.2) is 19.2 Å². The maximum Gasteiger partial charge on any atom is 0.344 e. The highest BCUT2D eigenvalue weighted by Crippen LogP contribution is 2.25. The molecule has 3 heteroatoms. The van der Waals surface area contributed by atoms with Crippen molar-refractivity contribution in [3.63, 3.8) is 0 Å². The number of hydrogen-bond acceptors (Lipinski definition) is 3. The fraction of sp³-hybridized carbons (Fsp3) is 0.462. The number of rotatable bonds is 4. The number of carbonyl (C=O) groups is 1. The molecule has 2 rings (SSSR count). The van der Waals surface area contributed by atoms with Gasteiger partial charge >= 0.3 is 5.97 Å². The molecule has 1 aliphatic carbocycles. The molecule has 0 unspecified atom stereocenters. The third-order valence-corrected chi connectivity index (χ3v) is 2.73. The predicted molar refractivity (Wildman–Crippen MR) is 60.6 cm³/mol. The number of ether oxygens (including phenoxy) is 2. The second kappa shape index (κ2) is 5.01. The summed E-state index contributed by atoms with van der Waals surface area (Å²) in [7, 11) is 0. The van der Waals surface area contributed by atoms with Crippen molar-refractivity contribution in [2.75, 3.05) is 13.2 Å². The van der Waals surface area contributed by atoms with E-state index in [-0.39, 0.29) is 12.6 Å². The molecule has 0 radical (unpaired) electrons. The topological polar surface area (TPSA) is 35.5 Å². The summed E-state index contributed by atoms with van der Waals surface area (Å²) in [6.45, 7) is 2.17. The average Bonchev–Trinajstić information content (AvgIpc) is 2.74. The minimum Gasteiger partial charge on any atom is -0.482 e. The van der Waals surface area contributed by atoms with Gasteiger partial charge in [0.15, 0.2) is 6.61 Å².